The van der Waals surface area contributed by atoms with Crippen molar-refractivity contribution in [3.05, 3.63) is 51.6 Å². The summed E-state index contributed by atoms with van der Waals surface area (Å²) < 4.78 is 28.1. The van der Waals surface area contributed by atoms with Gasteiger partial charge in [0, 0.05) is 62.8 Å². The fourth-order valence-electron chi connectivity index (χ4n) is 7.14. The molecule has 2 aliphatic carbocycles. The number of benzene rings is 2. The third kappa shape index (κ3) is 6.31. The number of hydrogen-bond acceptors (Lipinski definition) is 15. The number of phenols is 2. The second-order valence-electron chi connectivity index (χ2n) is 12.4. The van der Waals surface area contributed by atoms with Crippen LogP contribution in [0.15, 0.2) is 18.2 Å². The number of methoxy groups -OCH3 is 3. The van der Waals surface area contributed by atoms with Gasteiger partial charge in [-0.05, 0) is 13.0 Å². The highest BCUT2D eigenvalue weighted by atomic mass is 16.7. The van der Waals surface area contributed by atoms with Crippen molar-refractivity contribution in [1.29, 1.82) is 5.26 Å². The average Bonchev–Trinajstić information content (AvgIpc) is 3.09. The minimum absolute atomic E-state index is 0.0232. The van der Waals surface area contributed by atoms with E-state index in [1.165, 1.54) is 39.5 Å². The Labute approximate surface area is 282 Å². The number of aliphatic hydroxyl groups is 3. The lowest BCUT2D eigenvalue weighted by Crippen LogP contribution is -2.59. The predicted molar refractivity (Wildman–Crippen MR) is 167 cm³/mol. The zero-order chi connectivity index (χ0) is 35.8. The number of ether oxygens (including phenoxy) is 5. The van der Waals surface area contributed by atoms with Gasteiger partial charge in [0.25, 0.3) is 0 Å². The number of phenolic OH excluding ortho intramolecular Hbond substituents is 2. The average molecular weight is 685 g/mol. The van der Waals surface area contributed by atoms with Crippen molar-refractivity contribution in [2.45, 2.75) is 68.5 Å². The van der Waals surface area contributed by atoms with Gasteiger partial charge in [-0.1, -0.05) is 12.1 Å². The molecule has 1 fully saturated rings. The highest BCUT2D eigenvalue weighted by Crippen LogP contribution is 2.52. The molecule has 15 nitrogen and oxygen atoms in total. The summed E-state index contributed by atoms with van der Waals surface area (Å²) in [5.41, 5.74) is -3.90. The van der Waals surface area contributed by atoms with Crippen molar-refractivity contribution in [1.82, 2.24) is 4.90 Å². The van der Waals surface area contributed by atoms with E-state index < -0.39 is 102 Å². The highest BCUT2D eigenvalue weighted by molar-refractivity contribution is 6.31. The minimum atomic E-state index is -2.32. The van der Waals surface area contributed by atoms with Crippen LogP contribution >= 0.6 is 0 Å². The quantitative estimate of drug-likeness (QED) is 0.164. The standard InChI is InChI=1S/C34H40N2O13/c1-16-29(39)20(36(8-9-45-2)17(13-35)15-46-3)10-24(48-16)49-22-12-34(44,23(38)14-37)11-19-26(22)33(43)28-27(31(19)41)30(40)18-6-5-7-21(47-4)25(18)32(28)42/h5-7,16-17,20,22,24,29,37,39,41,43-44H,8-12,14-15H2,1-4H3/t16?,17?,20?,22-,24?,29?,34-/m0/s1. The second-order valence-corrected chi connectivity index (χ2v) is 12.4. The van der Waals surface area contributed by atoms with Crippen LogP contribution in [0.2, 0.25) is 0 Å². The number of aromatic hydroxyl groups is 2. The molecule has 0 spiro atoms. The van der Waals surface area contributed by atoms with Gasteiger partial charge in [-0.15, -0.1) is 0 Å². The first-order valence-electron chi connectivity index (χ1n) is 15.7. The van der Waals surface area contributed by atoms with Crippen LogP contribution in [0, 0.1) is 11.3 Å². The Morgan fingerprint density at radius 2 is 1.84 bits per heavy atom. The molecule has 3 aliphatic rings. The Hall–Kier alpha value is -3.98. The number of aliphatic hydroxyl groups excluding tert-OH is 2. The highest BCUT2D eigenvalue weighted by Gasteiger charge is 2.51. The van der Waals surface area contributed by atoms with Crippen LogP contribution in [0.3, 0.4) is 0 Å². The summed E-state index contributed by atoms with van der Waals surface area (Å²) in [6.07, 6.45) is -5.77. The van der Waals surface area contributed by atoms with Crippen LogP contribution in [0.1, 0.15) is 68.8 Å². The second kappa shape index (κ2) is 14.5. The molecule has 0 saturated carbocycles. The van der Waals surface area contributed by atoms with Crippen molar-refractivity contribution >= 4 is 17.3 Å². The molecule has 5 rings (SSSR count). The van der Waals surface area contributed by atoms with E-state index in [1.807, 2.05) is 0 Å². The Morgan fingerprint density at radius 1 is 1.12 bits per heavy atom. The van der Waals surface area contributed by atoms with Crippen LogP contribution < -0.4 is 4.74 Å². The molecule has 5 unspecified atom stereocenters. The first kappa shape index (κ1) is 36.3. The van der Waals surface area contributed by atoms with Crippen LogP contribution in [-0.2, 0) is 30.2 Å². The molecule has 264 valence electrons. The first-order chi connectivity index (χ1) is 23.4. The number of fused-ring (bicyclic) bond motifs is 3. The smallest absolute Gasteiger partial charge is 0.202 e. The Balaban J connectivity index is 1.61. The zero-order valence-electron chi connectivity index (χ0n) is 27.5. The van der Waals surface area contributed by atoms with Crippen molar-refractivity contribution < 1.29 is 63.6 Å². The fourth-order valence-corrected chi connectivity index (χ4v) is 7.14. The lowest BCUT2D eigenvalue weighted by molar-refractivity contribution is -0.260. The molecule has 2 aromatic carbocycles. The summed E-state index contributed by atoms with van der Waals surface area (Å²) in [5.74, 6) is -3.96. The lowest BCUT2D eigenvalue weighted by Gasteiger charge is -2.46. The van der Waals surface area contributed by atoms with Gasteiger partial charge in [0.2, 0.25) is 5.78 Å². The van der Waals surface area contributed by atoms with Gasteiger partial charge < -0.3 is 49.2 Å². The van der Waals surface area contributed by atoms with Gasteiger partial charge in [0.05, 0.1) is 61.4 Å². The molecule has 0 amide bonds. The number of carbonyl (C=O) groups is 3. The summed E-state index contributed by atoms with van der Waals surface area (Å²) in [6.45, 7) is 1.01. The minimum Gasteiger partial charge on any atom is -0.507 e. The molecule has 0 radical (unpaired) electrons. The van der Waals surface area contributed by atoms with Crippen LogP contribution in [0.5, 0.6) is 17.2 Å². The molecule has 0 bridgehead atoms. The molecular weight excluding hydrogens is 644 g/mol. The van der Waals surface area contributed by atoms with Crippen LogP contribution in [0.4, 0.5) is 0 Å². The third-order valence-corrected chi connectivity index (χ3v) is 9.58. The van der Waals surface area contributed by atoms with E-state index in [1.54, 1.807) is 11.8 Å². The van der Waals surface area contributed by atoms with E-state index in [0.29, 0.717) is 0 Å². The van der Waals surface area contributed by atoms with E-state index in [0.717, 1.165) is 0 Å². The molecule has 1 heterocycles. The van der Waals surface area contributed by atoms with Crippen molar-refractivity contribution in [2.24, 2.45) is 0 Å². The Morgan fingerprint density at radius 3 is 2.47 bits per heavy atom. The van der Waals surface area contributed by atoms with E-state index >= 15 is 0 Å². The summed E-state index contributed by atoms with van der Waals surface area (Å²) in [5, 5.41) is 65.7. The molecule has 15 heteroatoms. The number of nitrogens with zero attached hydrogens (tertiary/aromatic N) is 2. The van der Waals surface area contributed by atoms with Gasteiger partial charge in [-0.2, -0.15) is 5.26 Å². The number of Topliss-reactive ketones (excluding diaryl/α,β-unsaturated/α-hetero) is 1. The van der Waals surface area contributed by atoms with Gasteiger partial charge in [0.1, 0.15) is 35.5 Å². The molecule has 1 aliphatic heterocycles. The van der Waals surface area contributed by atoms with Crippen molar-refractivity contribution in [2.75, 3.05) is 47.7 Å². The molecule has 7 atom stereocenters. The lowest BCUT2D eigenvalue weighted by atomic mass is 9.72. The molecule has 0 aromatic heterocycles. The number of ketones is 3. The number of hydrogen-bond donors (Lipinski definition) is 5. The van der Waals surface area contributed by atoms with Gasteiger partial charge in [-0.3, -0.25) is 19.3 Å². The van der Waals surface area contributed by atoms with Gasteiger partial charge in [-0.25, -0.2) is 0 Å². The number of carbonyl (C=O) groups excluding carboxylic acids is 3. The summed E-state index contributed by atoms with van der Waals surface area (Å²) >= 11 is 0. The monoisotopic (exact) mass is 684 g/mol. The maximum Gasteiger partial charge on any atom is 0.202 e. The van der Waals surface area contributed by atoms with Crippen molar-refractivity contribution in [3.63, 3.8) is 0 Å². The molecule has 1 saturated heterocycles. The molecule has 2 aromatic rings. The number of rotatable bonds is 12. The van der Waals surface area contributed by atoms with Crippen LogP contribution in [-0.4, -0.2) is 132 Å². The zero-order valence-corrected chi connectivity index (χ0v) is 27.5. The SMILES string of the molecule is COCCN(C(C#N)COC)C1CC(O[C@H]2C[C@](O)(C(=O)CO)Cc3c(O)c4c(c(O)c32)C(=O)c2c(OC)cccc2C4=O)OC(C)C1O. The fraction of sp³-hybridized carbons (Fsp3) is 0.529. The predicted octanol–water partition coefficient (Wildman–Crippen LogP) is 0.530. The molecule has 49 heavy (non-hydrogen) atoms. The largest absolute Gasteiger partial charge is 0.507 e. The summed E-state index contributed by atoms with van der Waals surface area (Å²) in [4.78, 5) is 42.3. The van der Waals surface area contributed by atoms with E-state index in [2.05, 4.69) is 6.07 Å². The topological polar surface area (TPSA) is 226 Å². The van der Waals surface area contributed by atoms with Gasteiger partial charge in [0.15, 0.2) is 17.9 Å². The Bertz CT molecular complexity index is 1670. The maximum absolute atomic E-state index is 13.9. The third-order valence-electron chi connectivity index (χ3n) is 9.58. The van der Waals surface area contributed by atoms with E-state index in [-0.39, 0.29) is 54.2 Å². The van der Waals surface area contributed by atoms with Crippen LogP contribution in [0.25, 0.3) is 0 Å². The maximum atomic E-state index is 13.9. The molecular formula is C34H40N2O13. The number of nitriles is 1. The van der Waals surface area contributed by atoms with E-state index in [4.69, 9.17) is 23.7 Å². The summed E-state index contributed by atoms with van der Waals surface area (Å²) in [7, 11) is 4.25. The first-order valence-corrected chi connectivity index (χ1v) is 15.7. The van der Waals surface area contributed by atoms with E-state index in [9.17, 15) is 45.2 Å². The molecule has 5 N–H and O–H groups in total. The van der Waals surface area contributed by atoms with Crippen molar-refractivity contribution in [3.8, 4) is 23.3 Å². The normalized spacial score (nSPS) is 26.8. The summed E-state index contributed by atoms with van der Waals surface area (Å²) in [6, 6.07) is 5.00. The van der Waals surface area contributed by atoms with Gasteiger partial charge >= 0.3 is 0 Å². The Kier molecular flexibility index (Phi) is 10.7.